The van der Waals surface area contributed by atoms with Crippen LogP contribution in [-0.4, -0.2) is 50.2 Å². The Morgan fingerprint density at radius 2 is 2.00 bits per heavy atom. The third-order valence-corrected chi connectivity index (χ3v) is 7.63. The number of carbonyl (C=O) groups is 3. The van der Waals surface area contributed by atoms with E-state index in [-0.39, 0.29) is 28.4 Å². The van der Waals surface area contributed by atoms with Crippen molar-refractivity contribution in [3.05, 3.63) is 60.0 Å². The number of imide groups is 1. The number of carbonyl (C=O) groups excluding carboxylic acids is 3. The summed E-state index contributed by atoms with van der Waals surface area (Å²) >= 11 is 1.03. The minimum atomic E-state index is -3.97. The third kappa shape index (κ3) is 3.86. The minimum Gasteiger partial charge on any atom is -0.465 e. The van der Waals surface area contributed by atoms with Crippen molar-refractivity contribution >= 4 is 44.8 Å². The zero-order chi connectivity index (χ0) is 21.2. The van der Waals surface area contributed by atoms with Crippen LogP contribution < -0.4 is 4.90 Å². The Balaban J connectivity index is 1.92. The topological polar surface area (TPSA) is 101 Å². The van der Waals surface area contributed by atoms with Gasteiger partial charge in [0.25, 0.3) is 15.9 Å². The molecule has 1 fully saturated rings. The van der Waals surface area contributed by atoms with Crippen LogP contribution in [0.4, 0.5) is 5.69 Å². The molecule has 1 aliphatic heterocycles. The Morgan fingerprint density at radius 1 is 1.31 bits per heavy atom. The maximum atomic E-state index is 13.0. The first-order valence-corrected chi connectivity index (χ1v) is 10.8. The second-order valence-electron chi connectivity index (χ2n) is 6.12. The second kappa shape index (κ2) is 8.27. The van der Waals surface area contributed by atoms with Gasteiger partial charge in [-0.15, -0.1) is 17.9 Å². The zero-order valence-corrected chi connectivity index (χ0v) is 17.1. The molecule has 0 aliphatic carbocycles. The lowest BCUT2D eigenvalue weighted by Crippen LogP contribution is -2.45. The Labute approximate surface area is 172 Å². The highest BCUT2D eigenvalue weighted by Crippen LogP contribution is 2.30. The van der Waals surface area contributed by atoms with Crippen LogP contribution in [0, 0.1) is 0 Å². The SMILES string of the molecule is C=CCN(C1CC(=O)N(c2ccc(C(=O)OC)cc2)C1=O)S(=O)(=O)c1cccs1. The van der Waals surface area contributed by atoms with Crippen LogP contribution in [0.15, 0.2) is 58.6 Å². The van der Waals surface area contributed by atoms with Gasteiger partial charge in [0, 0.05) is 6.54 Å². The van der Waals surface area contributed by atoms with E-state index in [9.17, 15) is 22.8 Å². The van der Waals surface area contributed by atoms with Crippen molar-refractivity contribution in [2.45, 2.75) is 16.7 Å². The number of amides is 2. The average Bonchev–Trinajstić information content (AvgIpc) is 3.34. The van der Waals surface area contributed by atoms with E-state index in [0.29, 0.717) is 0 Å². The molecule has 10 heteroatoms. The number of ether oxygens (including phenoxy) is 1. The first-order valence-electron chi connectivity index (χ1n) is 8.52. The predicted octanol–water partition coefficient (Wildman–Crippen LogP) is 2.04. The van der Waals surface area contributed by atoms with Crippen molar-refractivity contribution in [2.75, 3.05) is 18.6 Å². The highest BCUT2D eigenvalue weighted by molar-refractivity contribution is 7.91. The van der Waals surface area contributed by atoms with Gasteiger partial charge in [0.15, 0.2) is 0 Å². The first kappa shape index (κ1) is 20.9. The molecule has 0 radical (unpaired) electrons. The third-order valence-electron chi connectivity index (χ3n) is 4.38. The maximum Gasteiger partial charge on any atom is 0.337 e. The quantitative estimate of drug-likeness (QED) is 0.376. The molecule has 8 nitrogen and oxygen atoms in total. The van der Waals surface area contributed by atoms with Crippen LogP contribution in [0.3, 0.4) is 0 Å². The van der Waals surface area contributed by atoms with Gasteiger partial charge in [-0.3, -0.25) is 9.59 Å². The monoisotopic (exact) mass is 434 g/mol. The van der Waals surface area contributed by atoms with Gasteiger partial charge in [-0.25, -0.2) is 18.1 Å². The van der Waals surface area contributed by atoms with Gasteiger partial charge in [0.2, 0.25) is 5.91 Å². The van der Waals surface area contributed by atoms with Crippen LogP contribution in [0.1, 0.15) is 16.8 Å². The number of nitrogens with zero attached hydrogens (tertiary/aromatic N) is 2. The number of sulfonamides is 1. The number of benzene rings is 1. The molecule has 1 atom stereocenters. The molecule has 0 spiro atoms. The molecule has 152 valence electrons. The molecule has 1 aromatic carbocycles. The van der Waals surface area contributed by atoms with E-state index in [2.05, 4.69) is 11.3 Å². The van der Waals surface area contributed by atoms with Crippen molar-refractivity contribution < 1.29 is 27.5 Å². The van der Waals surface area contributed by atoms with E-state index in [1.807, 2.05) is 0 Å². The number of hydrogen-bond acceptors (Lipinski definition) is 7. The van der Waals surface area contributed by atoms with Crippen molar-refractivity contribution in [1.82, 2.24) is 4.31 Å². The van der Waals surface area contributed by atoms with Crippen LogP contribution >= 0.6 is 11.3 Å². The molecule has 2 amide bonds. The zero-order valence-electron chi connectivity index (χ0n) is 15.5. The summed E-state index contributed by atoms with van der Waals surface area (Å²) in [6.45, 7) is 3.45. The fourth-order valence-corrected chi connectivity index (χ4v) is 5.69. The Morgan fingerprint density at radius 3 is 2.55 bits per heavy atom. The smallest absolute Gasteiger partial charge is 0.337 e. The number of hydrogen-bond donors (Lipinski definition) is 0. The molecule has 29 heavy (non-hydrogen) atoms. The standard InChI is InChI=1S/C19H18N2O6S2/c1-3-10-20(29(25,26)17-5-4-11-28-17)15-12-16(22)21(18(15)23)14-8-6-13(7-9-14)19(24)27-2/h3-9,11,15H,1,10,12H2,2H3. The Kier molecular flexibility index (Phi) is 5.96. The summed E-state index contributed by atoms with van der Waals surface area (Å²) in [5, 5.41) is 1.62. The van der Waals surface area contributed by atoms with E-state index in [1.54, 1.807) is 11.4 Å². The summed E-state index contributed by atoms with van der Waals surface area (Å²) in [7, 11) is -2.72. The van der Waals surface area contributed by atoms with Crippen molar-refractivity contribution in [1.29, 1.82) is 0 Å². The predicted molar refractivity (Wildman–Crippen MR) is 107 cm³/mol. The molecule has 1 unspecified atom stereocenters. The van der Waals surface area contributed by atoms with Gasteiger partial charge in [0.05, 0.1) is 24.8 Å². The fraction of sp³-hybridized carbons (Fsp3) is 0.211. The summed E-state index contributed by atoms with van der Waals surface area (Å²) in [5.41, 5.74) is 0.516. The maximum absolute atomic E-state index is 13.0. The molecule has 0 bridgehead atoms. The largest absolute Gasteiger partial charge is 0.465 e. The lowest BCUT2D eigenvalue weighted by molar-refractivity contribution is -0.122. The van der Waals surface area contributed by atoms with Gasteiger partial charge < -0.3 is 4.74 Å². The van der Waals surface area contributed by atoms with E-state index in [0.717, 1.165) is 20.5 Å². The molecule has 1 aromatic heterocycles. The molecule has 3 rings (SSSR count). The normalized spacial score (nSPS) is 17.0. The van der Waals surface area contributed by atoms with E-state index < -0.39 is 33.8 Å². The van der Waals surface area contributed by atoms with Crippen LogP contribution in [0.25, 0.3) is 0 Å². The lowest BCUT2D eigenvalue weighted by Gasteiger charge is -2.25. The van der Waals surface area contributed by atoms with Gasteiger partial charge >= 0.3 is 5.97 Å². The van der Waals surface area contributed by atoms with Crippen molar-refractivity contribution in [3.63, 3.8) is 0 Å². The minimum absolute atomic E-state index is 0.0838. The number of methoxy groups -OCH3 is 1. The van der Waals surface area contributed by atoms with Crippen LogP contribution in [0.5, 0.6) is 0 Å². The molecule has 1 aliphatic rings. The second-order valence-corrected chi connectivity index (χ2v) is 9.19. The number of rotatable bonds is 7. The van der Waals surface area contributed by atoms with Crippen LogP contribution in [0.2, 0.25) is 0 Å². The Bertz CT molecular complexity index is 1040. The molecule has 2 heterocycles. The first-order chi connectivity index (χ1) is 13.8. The summed E-state index contributed by atoms with van der Waals surface area (Å²) in [5.74, 6) is -1.73. The van der Waals surface area contributed by atoms with Gasteiger partial charge in [0.1, 0.15) is 10.3 Å². The van der Waals surface area contributed by atoms with E-state index >= 15 is 0 Å². The fourth-order valence-electron chi connectivity index (χ4n) is 3.02. The highest BCUT2D eigenvalue weighted by atomic mass is 32.2. The molecule has 0 saturated carbocycles. The van der Waals surface area contributed by atoms with Crippen LogP contribution in [-0.2, 0) is 24.3 Å². The summed E-state index contributed by atoms with van der Waals surface area (Å²) in [6, 6.07) is 7.61. The molecule has 0 N–H and O–H groups in total. The Hall–Kier alpha value is -2.82. The average molecular weight is 434 g/mol. The molecular formula is C19H18N2O6S2. The molecule has 1 saturated heterocycles. The molecule has 2 aromatic rings. The highest BCUT2D eigenvalue weighted by Gasteiger charge is 2.46. The van der Waals surface area contributed by atoms with Gasteiger partial charge in [-0.1, -0.05) is 12.1 Å². The van der Waals surface area contributed by atoms with Gasteiger partial charge in [-0.05, 0) is 35.7 Å². The summed E-state index contributed by atoms with van der Waals surface area (Å²) < 4.78 is 31.6. The summed E-state index contributed by atoms with van der Waals surface area (Å²) in [4.78, 5) is 38.1. The number of esters is 1. The van der Waals surface area contributed by atoms with Crippen molar-refractivity contribution in [3.8, 4) is 0 Å². The van der Waals surface area contributed by atoms with Gasteiger partial charge in [-0.2, -0.15) is 4.31 Å². The van der Waals surface area contributed by atoms with E-state index in [1.165, 1.54) is 43.5 Å². The number of anilines is 1. The number of thiophene rings is 1. The molecular weight excluding hydrogens is 416 g/mol. The summed E-state index contributed by atoms with van der Waals surface area (Å²) in [6.07, 6.45) is 1.09. The van der Waals surface area contributed by atoms with E-state index in [4.69, 9.17) is 0 Å². The van der Waals surface area contributed by atoms with Crippen molar-refractivity contribution in [2.24, 2.45) is 0 Å². The lowest BCUT2D eigenvalue weighted by atomic mass is 10.2.